The molecule has 1 rings (SSSR count). The fraction of sp³-hybridized carbons (Fsp3) is 0.500. The summed E-state index contributed by atoms with van der Waals surface area (Å²) in [6.07, 6.45) is 8.64. The van der Waals surface area contributed by atoms with Crippen LogP contribution in [-0.4, -0.2) is 27.6 Å². The van der Waals surface area contributed by atoms with Gasteiger partial charge in [-0.15, -0.1) is 6.42 Å². The fourth-order valence-corrected chi connectivity index (χ4v) is 3.17. The molecule has 0 aliphatic heterocycles. The van der Waals surface area contributed by atoms with Crippen LogP contribution in [-0.2, 0) is 23.8 Å². The van der Waals surface area contributed by atoms with Gasteiger partial charge in [0.2, 0.25) is 0 Å². The molecule has 0 N–H and O–H groups in total. The number of unbranched alkanes of at least 4 members (excludes halogenated alkanes) is 3. The van der Waals surface area contributed by atoms with Crippen LogP contribution in [0.3, 0.4) is 0 Å². The maximum Gasteiger partial charge on any atom is 0.305 e. The van der Waals surface area contributed by atoms with Gasteiger partial charge in [-0.05, 0) is 38.3 Å². The average molecular weight is 352 g/mol. The van der Waals surface area contributed by atoms with E-state index in [1.807, 2.05) is 6.92 Å². The summed E-state index contributed by atoms with van der Waals surface area (Å²) in [7, 11) is -2.49. The smallest absolute Gasteiger partial charge is 0.305 e. The van der Waals surface area contributed by atoms with Crippen LogP contribution < -0.4 is 0 Å². The van der Waals surface area contributed by atoms with E-state index in [0.29, 0.717) is 12.8 Å². The first kappa shape index (κ1) is 20.2. The normalized spacial score (nSPS) is 12.4. The monoisotopic (exact) mass is 352 g/mol. The molecule has 0 unspecified atom stereocenters. The Morgan fingerprint density at radius 2 is 1.79 bits per heavy atom. The molecule has 0 spiro atoms. The van der Waals surface area contributed by atoms with E-state index in [4.69, 9.17) is 10.6 Å². The van der Waals surface area contributed by atoms with Crippen molar-refractivity contribution < 1.29 is 22.1 Å². The van der Waals surface area contributed by atoms with Gasteiger partial charge in [-0.3, -0.25) is 4.79 Å². The summed E-state index contributed by atoms with van der Waals surface area (Å²) in [5, 5.41) is 0. The summed E-state index contributed by atoms with van der Waals surface area (Å²) in [5.74, 6) is 2.16. The lowest BCUT2D eigenvalue weighted by Crippen LogP contribution is -2.17. The van der Waals surface area contributed by atoms with E-state index in [2.05, 4.69) is 10.7 Å². The van der Waals surface area contributed by atoms with Crippen LogP contribution >= 0.6 is 0 Å². The molecular weight excluding hydrogens is 328 g/mol. The van der Waals surface area contributed by atoms with Crippen LogP contribution in [0.1, 0.15) is 44.1 Å². The predicted octanol–water partition coefficient (Wildman–Crippen LogP) is 3.22. The second kappa shape index (κ2) is 10.1. The van der Waals surface area contributed by atoms with Gasteiger partial charge >= 0.3 is 5.97 Å². The summed E-state index contributed by atoms with van der Waals surface area (Å²) in [6, 6.07) is 6.43. The highest BCUT2D eigenvalue weighted by Gasteiger charge is 2.20. The molecule has 0 saturated carbocycles. The van der Waals surface area contributed by atoms with Crippen molar-refractivity contribution in [2.24, 2.45) is 0 Å². The van der Waals surface area contributed by atoms with Gasteiger partial charge in [0.25, 0.3) is 10.1 Å². The van der Waals surface area contributed by atoms with Gasteiger partial charge in [0.1, 0.15) is 6.10 Å². The summed E-state index contributed by atoms with van der Waals surface area (Å²) >= 11 is 0. The number of carbonyl (C=O) groups excluding carboxylic acids is 1. The van der Waals surface area contributed by atoms with Gasteiger partial charge < -0.3 is 4.74 Å². The topological polar surface area (TPSA) is 69.7 Å². The predicted molar refractivity (Wildman–Crippen MR) is 91.8 cm³/mol. The molecule has 24 heavy (non-hydrogen) atoms. The lowest BCUT2D eigenvalue weighted by Gasteiger charge is -2.12. The molecule has 0 saturated heterocycles. The molecule has 132 valence electrons. The zero-order chi connectivity index (χ0) is 18.0. The zero-order valence-corrected chi connectivity index (χ0v) is 15.0. The Balaban J connectivity index is 2.40. The SMILES string of the molecule is C#C[C@H](CCCCCCC(=O)OC)OS(=O)(=O)c1ccc(C)cc1. The maximum absolute atomic E-state index is 12.2. The number of hydrogen-bond donors (Lipinski definition) is 0. The van der Waals surface area contributed by atoms with Crippen molar-refractivity contribution in [1.82, 2.24) is 0 Å². The third-order valence-corrected chi connectivity index (χ3v) is 4.90. The van der Waals surface area contributed by atoms with E-state index in [9.17, 15) is 13.2 Å². The first-order valence-electron chi connectivity index (χ1n) is 7.92. The van der Waals surface area contributed by atoms with E-state index >= 15 is 0 Å². The van der Waals surface area contributed by atoms with Crippen molar-refractivity contribution in [2.45, 2.75) is 56.4 Å². The number of rotatable bonds is 10. The van der Waals surface area contributed by atoms with Crippen LogP contribution in [0.25, 0.3) is 0 Å². The Hall–Kier alpha value is -1.84. The second-order valence-electron chi connectivity index (χ2n) is 5.55. The Morgan fingerprint density at radius 3 is 2.38 bits per heavy atom. The van der Waals surface area contributed by atoms with Crippen LogP contribution in [0.15, 0.2) is 29.2 Å². The summed E-state index contributed by atoms with van der Waals surface area (Å²) < 4.78 is 34.1. The minimum Gasteiger partial charge on any atom is -0.469 e. The van der Waals surface area contributed by atoms with Gasteiger partial charge in [0.05, 0.1) is 12.0 Å². The first-order valence-corrected chi connectivity index (χ1v) is 9.33. The highest BCUT2D eigenvalue weighted by Crippen LogP contribution is 2.18. The number of carbonyl (C=O) groups is 1. The summed E-state index contributed by atoms with van der Waals surface area (Å²) in [4.78, 5) is 11.1. The molecule has 1 atom stereocenters. The standard InChI is InChI=1S/C18H24O5S/c1-4-16(9-7-5-6-8-10-18(19)22-3)23-24(20,21)17-13-11-15(2)12-14-17/h1,11-14,16H,5-10H2,2-3H3/t16-/m1/s1. The van der Waals surface area contributed by atoms with Crippen LogP contribution in [0.2, 0.25) is 0 Å². The van der Waals surface area contributed by atoms with Crippen LogP contribution in [0.4, 0.5) is 0 Å². The summed E-state index contributed by atoms with van der Waals surface area (Å²) in [6.45, 7) is 1.88. The van der Waals surface area contributed by atoms with Crippen molar-refractivity contribution in [3.8, 4) is 12.3 Å². The molecule has 0 radical (unpaired) electrons. The zero-order valence-electron chi connectivity index (χ0n) is 14.2. The van der Waals surface area contributed by atoms with Gasteiger partial charge in [-0.25, -0.2) is 4.18 Å². The van der Waals surface area contributed by atoms with Crippen LogP contribution in [0.5, 0.6) is 0 Å². The fourth-order valence-electron chi connectivity index (χ4n) is 2.13. The van der Waals surface area contributed by atoms with E-state index in [1.165, 1.54) is 19.2 Å². The molecule has 1 aromatic carbocycles. The third-order valence-electron chi connectivity index (χ3n) is 3.56. The van der Waals surface area contributed by atoms with Crippen LogP contribution in [0, 0.1) is 19.3 Å². The van der Waals surface area contributed by atoms with E-state index in [0.717, 1.165) is 31.2 Å². The van der Waals surface area contributed by atoms with E-state index < -0.39 is 16.2 Å². The molecule has 0 aromatic heterocycles. The number of hydrogen-bond acceptors (Lipinski definition) is 5. The van der Waals surface area contributed by atoms with Crippen molar-refractivity contribution >= 4 is 16.1 Å². The largest absolute Gasteiger partial charge is 0.469 e. The first-order chi connectivity index (χ1) is 11.4. The molecular formula is C18H24O5S. The molecule has 5 nitrogen and oxygen atoms in total. The van der Waals surface area contributed by atoms with E-state index in [1.54, 1.807) is 12.1 Å². The van der Waals surface area contributed by atoms with Gasteiger partial charge in [0.15, 0.2) is 0 Å². The lowest BCUT2D eigenvalue weighted by atomic mass is 10.1. The average Bonchev–Trinajstić information content (AvgIpc) is 2.56. The van der Waals surface area contributed by atoms with Gasteiger partial charge in [-0.1, -0.05) is 36.5 Å². The minimum absolute atomic E-state index is 0.103. The van der Waals surface area contributed by atoms with Crippen molar-refractivity contribution in [3.63, 3.8) is 0 Å². The number of ether oxygens (including phenoxy) is 1. The maximum atomic E-state index is 12.2. The quantitative estimate of drug-likeness (QED) is 0.280. The molecule has 0 amide bonds. The Labute approximate surface area is 144 Å². The van der Waals surface area contributed by atoms with Crippen molar-refractivity contribution in [3.05, 3.63) is 29.8 Å². The number of esters is 1. The molecule has 0 bridgehead atoms. The van der Waals surface area contributed by atoms with Gasteiger partial charge in [0, 0.05) is 6.42 Å². The molecule has 6 heteroatoms. The second-order valence-corrected chi connectivity index (χ2v) is 7.12. The Bertz CT molecular complexity index is 656. The Kier molecular flexibility index (Phi) is 8.51. The number of aryl methyl sites for hydroxylation is 1. The number of methoxy groups -OCH3 is 1. The van der Waals surface area contributed by atoms with E-state index in [-0.39, 0.29) is 10.9 Å². The van der Waals surface area contributed by atoms with Gasteiger partial charge in [-0.2, -0.15) is 8.42 Å². The lowest BCUT2D eigenvalue weighted by molar-refractivity contribution is -0.140. The van der Waals surface area contributed by atoms with Crippen molar-refractivity contribution in [1.29, 1.82) is 0 Å². The van der Waals surface area contributed by atoms with Crippen molar-refractivity contribution in [2.75, 3.05) is 7.11 Å². The Morgan fingerprint density at radius 1 is 1.17 bits per heavy atom. The highest BCUT2D eigenvalue weighted by molar-refractivity contribution is 7.86. The molecule has 1 aromatic rings. The third kappa shape index (κ3) is 7.16. The highest BCUT2D eigenvalue weighted by atomic mass is 32.2. The molecule has 0 aliphatic rings. The number of terminal acetylenes is 1. The summed E-state index contributed by atoms with van der Waals surface area (Å²) in [5.41, 5.74) is 0.967. The molecule has 0 fully saturated rings. The number of benzene rings is 1. The minimum atomic E-state index is -3.85. The molecule has 0 heterocycles. The molecule has 0 aliphatic carbocycles.